The van der Waals surface area contributed by atoms with Crippen molar-refractivity contribution >= 4 is 0 Å². The molecular weight excluding hydrogens is 259 g/mol. The van der Waals surface area contributed by atoms with Gasteiger partial charge in [0.1, 0.15) is 25.1 Å². The lowest BCUT2D eigenvalue weighted by Crippen LogP contribution is -2.39. The number of hydrogen-bond donors (Lipinski definition) is 3. The Morgan fingerprint density at radius 1 is 1.53 bits per heavy atom. The van der Waals surface area contributed by atoms with Crippen molar-refractivity contribution in [2.75, 3.05) is 13.3 Å². The summed E-state index contributed by atoms with van der Waals surface area (Å²) in [5, 5.41) is 18.3. The lowest BCUT2D eigenvalue weighted by atomic mass is 10.2. The van der Waals surface area contributed by atoms with Gasteiger partial charge in [0.05, 0.1) is 6.61 Å². The lowest BCUT2D eigenvalue weighted by molar-refractivity contribution is -0.121. The van der Waals surface area contributed by atoms with Crippen LogP contribution in [0.2, 0.25) is 0 Å². The molecule has 0 aliphatic carbocycles. The Bertz CT molecular complexity index is 527. The molecular formula is C11H17FN2O5. The summed E-state index contributed by atoms with van der Waals surface area (Å²) in [6.45, 7) is 1.33. The van der Waals surface area contributed by atoms with Gasteiger partial charge in [0, 0.05) is 11.8 Å². The van der Waals surface area contributed by atoms with Gasteiger partial charge in [-0.1, -0.05) is 0 Å². The Kier molecular flexibility index (Phi) is 5.40. The van der Waals surface area contributed by atoms with Crippen LogP contribution < -0.4 is 11.2 Å². The number of ether oxygens (including phenoxy) is 1. The molecule has 1 rings (SSSR count). The highest BCUT2D eigenvalue weighted by Crippen LogP contribution is 2.11. The van der Waals surface area contributed by atoms with E-state index in [0.29, 0.717) is 5.56 Å². The van der Waals surface area contributed by atoms with Gasteiger partial charge in [-0.3, -0.25) is 14.3 Å². The largest absolute Gasteiger partial charge is 0.394 e. The smallest absolute Gasteiger partial charge is 0.330 e. The van der Waals surface area contributed by atoms with Gasteiger partial charge in [0.15, 0.2) is 0 Å². The van der Waals surface area contributed by atoms with Crippen LogP contribution in [0, 0.1) is 6.92 Å². The van der Waals surface area contributed by atoms with Crippen LogP contribution in [-0.2, 0) is 4.74 Å². The maximum Gasteiger partial charge on any atom is 0.330 e. The van der Waals surface area contributed by atoms with Gasteiger partial charge in [0.2, 0.25) is 0 Å². The second kappa shape index (κ2) is 6.60. The van der Waals surface area contributed by atoms with Gasteiger partial charge in [0.25, 0.3) is 5.56 Å². The third kappa shape index (κ3) is 3.72. The first-order valence-electron chi connectivity index (χ1n) is 5.73. The number of aliphatic hydroxyl groups is 2. The molecule has 0 amide bonds. The third-order valence-corrected chi connectivity index (χ3v) is 2.68. The summed E-state index contributed by atoms with van der Waals surface area (Å²) in [4.78, 5) is 24.9. The first-order chi connectivity index (χ1) is 8.90. The first kappa shape index (κ1) is 15.5. The molecule has 108 valence electrons. The van der Waals surface area contributed by atoms with E-state index in [1.54, 1.807) is 0 Å². The molecule has 0 spiro atoms. The topological polar surface area (TPSA) is 105 Å². The van der Waals surface area contributed by atoms with E-state index in [1.165, 1.54) is 20.0 Å². The Hall–Kier alpha value is -1.51. The van der Waals surface area contributed by atoms with Crippen LogP contribution in [0.15, 0.2) is 15.8 Å². The predicted molar refractivity (Wildman–Crippen MR) is 64.7 cm³/mol. The highest BCUT2D eigenvalue weighted by atomic mass is 19.1. The Morgan fingerprint density at radius 2 is 2.16 bits per heavy atom. The summed E-state index contributed by atoms with van der Waals surface area (Å²) in [6, 6.07) is 0. The summed E-state index contributed by atoms with van der Waals surface area (Å²) >= 11 is 0. The fraction of sp³-hybridized carbons (Fsp3) is 0.636. The number of hydrogen-bond acceptors (Lipinski definition) is 5. The minimum Gasteiger partial charge on any atom is -0.394 e. The normalized spacial score (nSPS) is 16.1. The number of aromatic amines is 1. The van der Waals surface area contributed by atoms with Crippen molar-refractivity contribution in [1.29, 1.82) is 0 Å². The molecule has 3 N–H and O–H groups in total. The van der Waals surface area contributed by atoms with Crippen molar-refractivity contribution in [3.05, 3.63) is 32.6 Å². The minimum absolute atomic E-state index is 0.307. The molecule has 1 heterocycles. The van der Waals surface area contributed by atoms with E-state index >= 15 is 0 Å². The summed E-state index contributed by atoms with van der Waals surface area (Å²) in [5.41, 5.74) is -0.882. The van der Waals surface area contributed by atoms with E-state index in [0.717, 1.165) is 4.57 Å². The van der Waals surface area contributed by atoms with Crippen LogP contribution in [0.5, 0.6) is 0 Å². The number of alkyl halides is 1. The zero-order chi connectivity index (χ0) is 14.6. The summed E-state index contributed by atoms with van der Waals surface area (Å²) in [5.74, 6) is 0. The average Bonchev–Trinajstić information content (AvgIpc) is 2.38. The number of rotatable bonds is 6. The van der Waals surface area contributed by atoms with Gasteiger partial charge < -0.3 is 14.9 Å². The molecule has 3 atom stereocenters. The van der Waals surface area contributed by atoms with E-state index in [2.05, 4.69) is 4.98 Å². The monoisotopic (exact) mass is 276 g/mol. The highest BCUT2D eigenvalue weighted by molar-refractivity contribution is 5.01. The molecule has 19 heavy (non-hydrogen) atoms. The van der Waals surface area contributed by atoms with Crippen molar-refractivity contribution in [3.63, 3.8) is 0 Å². The second-order valence-electron chi connectivity index (χ2n) is 4.16. The molecule has 0 aliphatic rings. The van der Waals surface area contributed by atoms with E-state index < -0.39 is 43.0 Å². The first-order valence-corrected chi connectivity index (χ1v) is 5.73. The van der Waals surface area contributed by atoms with Crippen molar-refractivity contribution < 1.29 is 19.3 Å². The number of aliphatic hydroxyl groups excluding tert-OH is 2. The van der Waals surface area contributed by atoms with Crippen LogP contribution in [0.25, 0.3) is 0 Å². The van der Waals surface area contributed by atoms with Crippen LogP contribution >= 0.6 is 0 Å². The molecule has 0 saturated carbocycles. The van der Waals surface area contributed by atoms with Crippen LogP contribution in [0.4, 0.5) is 4.39 Å². The molecule has 1 unspecified atom stereocenters. The molecule has 1 aromatic heterocycles. The van der Waals surface area contributed by atoms with E-state index in [-0.39, 0.29) is 0 Å². The molecule has 0 fully saturated rings. The SMILES string of the molecule is Cc1cn(C(C)O[C@H](CO)[C@@H](O)CF)c(=O)[nH]c1=O. The molecule has 0 bridgehead atoms. The highest BCUT2D eigenvalue weighted by Gasteiger charge is 2.22. The van der Waals surface area contributed by atoms with Crippen molar-refractivity contribution in [2.45, 2.75) is 32.3 Å². The van der Waals surface area contributed by atoms with Gasteiger partial charge in [-0.05, 0) is 13.8 Å². The van der Waals surface area contributed by atoms with Crippen molar-refractivity contribution in [2.24, 2.45) is 0 Å². The fourth-order valence-electron chi connectivity index (χ4n) is 1.53. The molecule has 8 heteroatoms. The quantitative estimate of drug-likeness (QED) is 0.623. The number of nitrogens with one attached hydrogen (secondary N) is 1. The molecule has 0 aromatic carbocycles. The Labute approximate surface area is 108 Å². The van der Waals surface area contributed by atoms with E-state index in [9.17, 15) is 19.1 Å². The van der Waals surface area contributed by atoms with Crippen LogP contribution in [-0.4, -0.2) is 45.3 Å². The fourth-order valence-corrected chi connectivity index (χ4v) is 1.53. The standard InChI is InChI=1S/C11H17FN2O5/c1-6-4-14(11(18)13-10(6)17)7(2)19-9(5-15)8(16)3-12/h4,7-9,15-16H,3,5H2,1-2H3,(H,13,17,18)/t7?,8-,9+/m0/s1. The zero-order valence-electron chi connectivity index (χ0n) is 10.7. The molecule has 0 radical (unpaired) electrons. The summed E-state index contributed by atoms with van der Waals surface area (Å²) in [6.07, 6.45) is -2.21. The molecule has 7 nitrogen and oxygen atoms in total. The van der Waals surface area contributed by atoms with Crippen LogP contribution in [0.3, 0.4) is 0 Å². The third-order valence-electron chi connectivity index (χ3n) is 2.68. The molecule has 0 aliphatic heterocycles. The van der Waals surface area contributed by atoms with Crippen molar-refractivity contribution in [3.8, 4) is 0 Å². The van der Waals surface area contributed by atoms with Crippen molar-refractivity contribution in [1.82, 2.24) is 9.55 Å². The minimum atomic E-state index is -1.48. The predicted octanol–water partition coefficient (Wildman–Crippen LogP) is -0.929. The molecule has 0 saturated heterocycles. The Balaban J connectivity index is 2.95. The van der Waals surface area contributed by atoms with Gasteiger partial charge in [-0.2, -0.15) is 0 Å². The summed E-state index contributed by atoms with van der Waals surface area (Å²) < 4.78 is 18.6. The molecule has 1 aromatic rings. The Morgan fingerprint density at radius 3 is 2.68 bits per heavy atom. The zero-order valence-corrected chi connectivity index (χ0v) is 10.7. The number of aryl methyl sites for hydroxylation is 1. The van der Waals surface area contributed by atoms with Crippen LogP contribution in [0.1, 0.15) is 18.7 Å². The second-order valence-corrected chi connectivity index (χ2v) is 4.16. The number of aromatic nitrogens is 2. The van der Waals surface area contributed by atoms with E-state index in [1.807, 2.05) is 0 Å². The van der Waals surface area contributed by atoms with E-state index in [4.69, 9.17) is 9.84 Å². The van der Waals surface area contributed by atoms with Gasteiger partial charge >= 0.3 is 5.69 Å². The average molecular weight is 276 g/mol. The number of nitrogens with zero attached hydrogens (tertiary/aromatic N) is 1. The summed E-state index contributed by atoms with van der Waals surface area (Å²) in [7, 11) is 0. The number of halogens is 1. The van der Waals surface area contributed by atoms with Gasteiger partial charge in [-0.25, -0.2) is 9.18 Å². The maximum absolute atomic E-state index is 12.3. The number of H-pyrrole nitrogens is 1. The van der Waals surface area contributed by atoms with Gasteiger partial charge in [-0.15, -0.1) is 0 Å². The lowest BCUT2D eigenvalue weighted by Gasteiger charge is -2.24. The maximum atomic E-state index is 12.3.